The summed E-state index contributed by atoms with van der Waals surface area (Å²) in [5, 5.41) is 1.26. The Labute approximate surface area is 153 Å². The van der Waals surface area contributed by atoms with Gasteiger partial charge >= 0.3 is 0 Å². The molecule has 3 nitrogen and oxygen atoms in total. The van der Waals surface area contributed by atoms with Crippen LogP contribution in [0.5, 0.6) is 11.5 Å². The van der Waals surface area contributed by atoms with Crippen LogP contribution in [0, 0.1) is 0 Å². The molecule has 23 heavy (non-hydrogen) atoms. The standard InChI is InChI=1S/C19H20NO2.HI/c1-21-18-10-9-15(14-19(18)22-2)11-13-20-12-5-7-16-6-3-4-8-17(16)20;/h3-10,12,14H,11,13H2,1-2H3;1H/q+1;/p-1. The van der Waals surface area contributed by atoms with Crippen molar-refractivity contribution in [2.24, 2.45) is 0 Å². The highest BCUT2D eigenvalue weighted by atomic mass is 127. The minimum absolute atomic E-state index is 0. The van der Waals surface area contributed by atoms with Gasteiger partial charge in [0.25, 0.3) is 0 Å². The summed E-state index contributed by atoms with van der Waals surface area (Å²) in [5.41, 5.74) is 2.49. The summed E-state index contributed by atoms with van der Waals surface area (Å²) in [6.07, 6.45) is 3.07. The molecule has 0 radical (unpaired) electrons. The molecule has 1 aromatic heterocycles. The molecule has 0 unspecified atom stereocenters. The van der Waals surface area contributed by atoms with E-state index in [9.17, 15) is 0 Å². The number of rotatable bonds is 5. The first kappa shape index (κ1) is 17.5. The van der Waals surface area contributed by atoms with E-state index in [0.29, 0.717) is 0 Å². The van der Waals surface area contributed by atoms with Crippen LogP contribution in [0.1, 0.15) is 5.56 Å². The molecule has 0 aliphatic heterocycles. The summed E-state index contributed by atoms with van der Waals surface area (Å²) in [7, 11) is 3.32. The van der Waals surface area contributed by atoms with Crippen molar-refractivity contribution in [3.8, 4) is 11.5 Å². The smallest absolute Gasteiger partial charge is 0.212 e. The van der Waals surface area contributed by atoms with Gasteiger partial charge in [-0.05, 0) is 29.8 Å². The lowest BCUT2D eigenvalue weighted by atomic mass is 10.1. The Morgan fingerprint density at radius 3 is 2.39 bits per heavy atom. The number of methoxy groups -OCH3 is 2. The molecular formula is C19H20INO2. The predicted octanol–water partition coefficient (Wildman–Crippen LogP) is 0.391. The molecule has 0 N–H and O–H groups in total. The fraction of sp³-hybridized carbons (Fsp3) is 0.211. The number of fused-ring (bicyclic) bond motifs is 1. The van der Waals surface area contributed by atoms with Crippen LogP contribution < -0.4 is 38.0 Å². The van der Waals surface area contributed by atoms with Crippen molar-refractivity contribution in [1.29, 1.82) is 0 Å². The highest BCUT2D eigenvalue weighted by Crippen LogP contribution is 2.27. The molecule has 0 spiro atoms. The van der Waals surface area contributed by atoms with E-state index >= 15 is 0 Å². The molecule has 3 aromatic rings. The van der Waals surface area contributed by atoms with E-state index in [1.54, 1.807) is 14.2 Å². The molecule has 0 saturated carbocycles. The summed E-state index contributed by atoms with van der Waals surface area (Å²) in [6, 6.07) is 18.8. The summed E-state index contributed by atoms with van der Waals surface area (Å²) in [5.74, 6) is 1.55. The SMILES string of the molecule is COc1ccc(CC[n+]2cccc3ccccc32)cc1OC.[I-]. The minimum atomic E-state index is 0. The van der Waals surface area contributed by atoms with E-state index in [1.807, 2.05) is 12.1 Å². The zero-order valence-electron chi connectivity index (χ0n) is 13.3. The first-order valence-electron chi connectivity index (χ1n) is 7.40. The van der Waals surface area contributed by atoms with Gasteiger partial charge in [0.1, 0.15) is 0 Å². The molecule has 0 fully saturated rings. The number of aromatic nitrogens is 1. The maximum atomic E-state index is 5.37. The van der Waals surface area contributed by atoms with Crippen LogP contribution in [-0.2, 0) is 13.0 Å². The fourth-order valence-electron chi connectivity index (χ4n) is 2.70. The summed E-state index contributed by atoms with van der Waals surface area (Å²) < 4.78 is 12.9. The Kier molecular flexibility index (Phi) is 6.21. The third kappa shape index (κ3) is 3.93. The van der Waals surface area contributed by atoms with Crippen molar-refractivity contribution in [3.63, 3.8) is 0 Å². The number of hydrogen-bond acceptors (Lipinski definition) is 2. The molecule has 0 saturated heterocycles. The number of halogens is 1. The molecule has 0 aliphatic rings. The predicted molar refractivity (Wildman–Crippen MR) is 87.4 cm³/mol. The van der Waals surface area contributed by atoms with Crippen LogP contribution in [-0.4, -0.2) is 14.2 Å². The topological polar surface area (TPSA) is 22.3 Å². The maximum absolute atomic E-state index is 5.37. The van der Waals surface area contributed by atoms with Gasteiger partial charge in [-0.15, -0.1) is 0 Å². The fourth-order valence-corrected chi connectivity index (χ4v) is 2.70. The molecule has 1 heterocycles. The number of para-hydroxylation sites is 1. The van der Waals surface area contributed by atoms with Gasteiger partial charge in [0.05, 0.1) is 14.2 Å². The largest absolute Gasteiger partial charge is 1.00 e. The van der Waals surface area contributed by atoms with E-state index < -0.39 is 0 Å². The Balaban J connectivity index is 0.00000192. The van der Waals surface area contributed by atoms with Gasteiger partial charge in [0.2, 0.25) is 5.52 Å². The number of hydrogen-bond donors (Lipinski definition) is 0. The second-order valence-electron chi connectivity index (χ2n) is 5.20. The molecule has 0 aliphatic carbocycles. The maximum Gasteiger partial charge on any atom is 0.212 e. The van der Waals surface area contributed by atoms with Crippen LogP contribution in [0.15, 0.2) is 60.8 Å². The highest BCUT2D eigenvalue weighted by molar-refractivity contribution is 5.74. The second-order valence-corrected chi connectivity index (χ2v) is 5.20. The van der Waals surface area contributed by atoms with Gasteiger partial charge in [-0.25, -0.2) is 0 Å². The van der Waals surface area contributed by atoms with E-state index in [0.717, 1.165) is 24.5 Å². The summed E-state index contributed by atoms with van der Waals surface area (Å²) in [6.45, 7) is 0.927. The quantitative estimate of drug-likeness (QED) is 0.440. The molecule has 0 atom stereocenters. The zero-order chi connectivity index (χ0) is 15.4. The number of pyridine rings is 1. The van der Waals surface area contributed by atoms with Crippen LogP contribution in [0.3, 0.4) is 0 Å². The van der Waals surface area contributed by atoms with Crippen molar-refractivity contribution in [2.75, 3.05) is 14.2 Å². The first-order chi connectivity index (χ1) is 10.8. The number of benzene rings is 2. The lowest BCUT2D eigenvalue weighted by Crippen LogP contribution is -3.00. The zero-order valence-corrected chi connectivity index (χ0v) is 15.5. The van der Waals surface area contributed by atoms with Gasteiger partial charge < -0.3 is 33.5 Å². The molecule has 3 rings (SSSR count). The van der Waals surface area contributed by atoms with Crippen molar-refractivity contribution in [3.05, 3.63) is 66.4 Å². The Morgan fingerprint density at radius 1 is 0.870 bits per heavy atom. The van der Waals surface area contributed by atoms with Crippen molar-refractivity contribution in [1.82, 2.24) is 0 Å². The minimum Gasteiger partial charge on any atom is -1.00 e. The molecule has 0 amide bonds. The van der Waals surface area contributed by atoms with Gasteiger partial charge in [0, 0.05) is 23.9 Å². The lowest BCUT2D eigenvalue weighted by molar-refractivity contribution is -0.670. The van der Waals surface area contributed by atoms with E-state index in [4.69, 9.17) is 9.47 Å². The molecule has 4 heteroatoms. The normalized spacial score (nSPS) is 10.2. The van der Waals surface area contributed by atoms with Gasteiger partial charge in [-0.1, -0.05) is 18.2 Å². The number of aryl methyl sites for hydroxylation is 2. The molecule has 120 valence electrons. The van der Waals surface area contributed by atoms with Gasteiger partial charge in [0.15, 0.2) is 24.2 Å². The Morgan fingerprint density at radius 2 is 1.61 bits per heavy atom. The molecular weight excluding hydrogens is 401 g/mol. The Bertz CT molecular complexity index is 784. The third-order valence-electron chi connectivity index (χ3n) is 3.88. The van der Waals surface area contributed by atoms with E-state index in [2.05, 4.69) is 53.2 Å². The van der Waals surface area contributed by atoms with Crippen LogP contribution in [0.4, 0.5) is 0 Å². The Hall–Kier alpha value is -1.82. The molecule has 0 bridgehead atoms. The average molecular weight is 421 g/mol. The summed E-state index contributed by atoms with van der Waals surface area (Å²) >= 11 is 0. The second kappa shape index (κ2) is 8.15. The van der Waals surface area contributed by atoms with Gasteiger partial charge in [-0.2, -0.15) is 4.57 Å². The van der Waals surface area contributed by atoms with Crippen LogP contribution >= 0.6 is 0 Å². The van der Waals surface area contributed by atoms with E-state index in [1.165, 1.54) is 16.5 Å². The molecule has 2 aromatic carbocycles. The van der Waals surface area contributed by atoms with E-state index in [-0.39, 0.29) is 24.0 Å². The lowest BCUT2D eigenvalue weighted by Gasteiger charge is -2.09. The third-order valence-corrected chi connectivity index (χ3v) is 3.88. The monoisotopic (exact) mass is 421 g/mol. The van der Waals surface area contributed by atoms with Crippen molar-refractivity contribution < 1.29 is 38.0 Å². The first-order valence-corrected chi connectivity index (χ1v) is 7.40. The summed E-state index contributed by atoms with van der Waals surface area (Å²) in [4.78, 5) is 0. The number of ether oxygens (including phenoxy) is 2. The van der Waals surface area contributed by atoms with Crippen molar-refractivity contribution >= 4 is 10.9 Å². The average Bonchev–Trinajstić information content (AvgIpc) is 2.59. The van der Waals surface area contributed by atoms with Gasteiger partial charge in [-0.3, -0.25) is 0 Å². The van der Waals surface area contributed by atoms with Crippen LogP contribution in [0.25, 0.3) is 10.9 Å². The van der Waals surface area contributed by atoms with Crippen LogP contribution in [0.2, 0.25) is 0 Å². The number of nitrogens with zero attached hydrogens (tertiary/aromatic N) is 1. The highest BCUT2D eigenvalue weighted by Gasteiger charge is 2.09. The van der Waals surface area contributed by atoms with Crippen molar-refractivity contribution in [2.45, 2.75) is 13.0 Å².